The third-order valence-corrected chi connectivity index (χ3v) is 5.28. The first kappa shape index (κ1) is 21.8. The molecule has 0 saturated carbocycles. The van der Waals surface area contributed by atoms with Crippen LogP contribution in [0.3, 0.4) is 0 Å². The molecule has 0 amide bonds. The number of benzene rings is 3. The first-order valence-electron chi connectivity index (χ1n) is 10.3. The maximum absolute atomic E-state index is 13.0. The van der Waals surface area contributed by atoms with Crippen LogP contribution in [0.4, 0.5) is 11.4 Å². The summed E-state index contributed by atoms with van der Waals surface area (Å²) in [5.74, 6) is 0.629. The molecule has 0 unspecified atom stereocenters. The highest BCUT2D eigenvalue weighted by Crippen LogP contribution is 2.19. The molecule has 0 aliphatic heterocycles. The molecular formula is C25H22N4O4. The quantitative estimate of drug-likeness (QED) is 0.235. The predicted molar refractivity (Wildman–Crippen MR) is 127 cm³/mol. The monoisotopic (exact) mass is 442 g/mol. The van der Waals surface area contributed by atoms with E-state index >= 15 is 0 Å². The molecular weight excluding hydrogens is 420 g/mol. The Bertz CT molecular complexity index is 1370. The van der Waals surface area contributed by atoms with Crippen molar-refractivity contribution in [1.29, 1.82) is 0 Å². The van der Waals surface area contributed by atoms with Crippen LogP contribution in [0.15, 0.2) is 88.6 Å². The van der Waals surface area contributed by atoms with Gasteiger partial charge in [-0.3, -0.25) is 19.6 Å². The lowest BCUT2D eigenvalue weighted by Gasteiger charge is -2.07. The Kier molecular flexibility index (Phi) is 6.17. The fourth-order valence-corrected chi connectivity index (χ4v) is 3.41. The summed E-state index contributed by atoms with van der Waals surface area (Å²) in [6.45, 7) is 2.13. The standard InChI is InChI=1S/C25H22N4O4/c1-18-24(25(30)28(27(18)2)21-8-4-3-5-9-21)26-16-20-7-6-10-23(15-20)33-17-19-11-13-22(14-12-19)29(31)32/h3-16H,17H2,1-2H3. The van der Waals surface area contributed by atoms with E-state index in [1.165, 1.54) is 12.1 Å². The molecule has 4 aromatic rings. The third-order valence-electron chi connectivity index (χ3n) is 5.28. The molecule has 4 rings (SSSR count). The first-order chi connectivity index (χ1) is 15.9. The Hall–Kier alpha value is -4.46. The van der Waals surface area contributed by atoms with Gasteiger partial charge in [0.2, 0.25) is 0 Å². The minimum Gasteiger partial charge on any atom is -0.489 e. The van der Waals surface area contributed by atoms with Crippen molar-refractivity contribution in [2.75, 3.05) is 0 Å². The van der Waals surface area contributed by atoms with Crippen molar-refractivity contribution >= 4 is 17.6 Å². The lowest BCUT2D eigenvalue weighted by molar-refractivity contribution is -0.384. The number of nitro groups is 1. The summed E-state index contributed by atoms with van der Waals surface area (Å²) in [5, 5.41) is 10.8. The van der Waals surface area contributed by atoms with E-state index in [0.29, 0.717) is 11.4 Å². The molecule has 8 nitrogen and oxygen atoms in total. The zero-order valence-corrected chi connectivity index (χ0v) is 18.2. The summed E-state index contributed by atoms with van der Waals surface area (Å²) in [7, 11) is 1.83. The highest BCUT2D eigenvalue weighted by molar-refractivity contribution is 5.82. The molecule has 0 atom stereocenters. The molecule has 166 valence electrons. The minimum absolute atomic E-state index is 0.0412. The van der Waals surface area contributed by atoms with Crippen LogP contribution in [0.5, 0.6) is 5.75 Å². The minimum atomic E-state index is -0.434. The molecule has 1 aromatic heterocycles. The number of aromatic nitrogens is 2. The second-order valence-corrected chi connectivity index (χ2v) is 7.45. The van der Waals surface area contributed by atoms with Crippen molar-refractivity contribution < 1.29 is 9.66 Å². The highest BCUT2D eigenvalue weighted by atomic mass is 16.6. The number of para-hydroxylation sites is 1. The van der Waals surface area contributed by atoms with Gasteiger partial charge in [-0.15, -0.1) is 0 Å². The third kappa shape index (κ3) is 4.74. The van der Waals surface area contributed by atoms with Gasteiger partial charge >= 0.3 is 0 Å². The number of hydrogen-bond acceptors (Lipinski definition) is 5. The van der Waals surface area contributed by atoms with Gasteiger partial charge in [0.15, 0.2) is 5.69 Å². The summed E-state index contributed by atoms with van der Waals surface area (Å²) in [6.07, 6.45) is 1.64. The summed E-state index contributed by atoms with van der Waals surface area (Å²) in [4.78, 5) is 27.8. The van der Waals surface area contributed by atoms with Crippen LogP contribution in [0.1, 0.15) is 16.8 Å². The fraction of sp³-hybridized carbons (Fsp3) is 0.120. The van der Waals surface area contributed by atoms with Crippen LogP contribution < -0.4 is 10.3 Å². The molecule has 0 fully saturated rings. The van der Waals surface area contributed by atoms with E-state index < -0.39 is 4.92 Å². The Labute approximate surface area is 190 Å². The van der Waals surface area contributed by atoms with Crippen LogP contribution in [-0.2, 0) is 13.7 Å². The van der Waals surface area contributed by atoms with E-state index in [9.17, 15) is 14.9 Å². The summed E-state index contributed by atoms with van der Waals surface area (Å²) < 4.78 is 9.19. The van der Waals surface area contributed by atoms with Gasteiger partial charge in [0, 0.05) is 25.4 Å². The molecule has 0 N–H and O–H groups in total. The summed E-state index contributed by atoms with van der Waals surface area (Å²) >= 11 is 0. The molecule has 0 saturated heterocycles. The molecule has 0 aliphatic rings. The van der Waals surface area contributed by atoms with Gasteiger partial charge in [-0.25, -0.2) is 9.67 Å². The lowest BCUT2D eigenvalue weighted by atomic mass is 10.2. The van der Waals surface area contributed by atoms with Gasteiger partial charge in [0.05, 0.1) is 16.3 Å². The Balaban J connectivity index is 1.51. The molecule has 0 aliphatic carbocycles. The van der Waals surface area contributed by atoms with Gasteiger partial charge in [-0.2, -0.15) is 0 Å². The second-order valence-electron chi connectivity index (χ2n) is 7.45. The van der Waals surface area contributed by atoms with Crippen LogP contribution in [0, 0.1) is 17.0 Å². The van der Waals surface area contributed by atoms with E-state index in [4.69, 9.17) is 4.74 Å². The molecule has 0 spiro atoms. The molecule has 8 heteroatoms. The molecule has 3 aromatic carbocycles. The van der Waals surface area contributed by atoms with E-state index in [1.54, 1.807) is 27.7 Å². The number of nitrogens with zero attached hydrogens (tertiary/aromatic N) is 4. The average molecular weight is 442 g/mol. The number of non-ortho nitro benzene ring substituents is 1. The van der Waals surface area contributed by atoms with E-state index in [1.807, 2.05) is 68.6 Å². The van der Waals surface area contributed by atoms with Crippen molar-refractivity contribution in [3.05, 3.63) is 116 Å². The second kappa shape index (κ2) is 9.35. The van der Waals surface area contributed by atoms with Crippen LogP contribution >= 0.6 is 0 Å². The van der Waals surface area contributed by atoms with Gasteiger partial charge in [-0.1, -0.05) is 30.3 Å². The van der Waals surface area contributed by atoms with Crippen molar-refractivity contribution in [2.24, 2.45) is 12.0 Å². The first-order valence-corrected chi connectivity index (χ1v) is 10.3. The van der Waals surface area contributed by atoms with Crippen LogP contribution in [-0.4, -0.2) is 20.5 Å². The van der Waals surface area contributed by atoms with E-state index in [2.05, 4.69) is 4.99 Å². The van der Waals surface area contributed by atoms with E-state index in [0.717, 1.165) is 22.5 Å². The van der Waals surface area contributed by atoms with Crippen LogP contribution in [0.25, 0.3) is 5.69 Å². The maximum Gasteiger partial charge on any atom is 0.297 e. The maximum atomic E-state index is 13.0. The van der Waals surface area contributed by atoms with Crippen molar-refractivity contribution in [2.45, 2.75) is 13.5 Å². The Morgan fingerprint density at radius 1 is 1.03 bits per heavy atom. The largest absolute Gasteiger partial charge is 0.489 e. The molecule has 0 bridgehead atoms. The summed E-state index contributed by atoms with van der Waals surface area (Å²) in [5.41, 5.74) is 3.36. The van der Waals surface area contributed by atoms with Gasteiger partial charge in [0.25, 0.3) is 11.2 Å². The van der Waals surface area contributed by atoms with E-state index in [-0.39, 0.29) is 17.9 Å². The van der Waals surface area contributed by atoms with Crippen LogP contribution in [0.2, 0.25) is 0 Å². The molecule has 1 heterocycles. The number of ether oxygens (including phenoxy) is 1. The lowest BCUT2D eigenvalue weighted by Crippen LogP contribution is -2.19. The van der Waals surface area contributed by atoms with Crippen molar-refractivity contribution in [3.8, 4) is 11.4 Å². The van der Waals surface area contributed by atoms with Gasteiger partial charge in [0.1, 0.15) is 12.4 Å². The number of aliphatic imine (C=N–C) groups is 1. The zero-order valence-electron chi connectivity index (χ0n) is 18.2. The average Bonchev–Trinajstić information content (AvgIpc) is 3.05. The number of rotatable bonds is 7. The number of nitro benzene ring substituents is 1. The normalized spacial score (nSPS) is 11.1. The molecule has 0 radical (unpaired) electrons. The fourth-order valence-electron chi connectivity index (χ4n) is 3.41. The predicted octanol–water partition coefficient (Wildman–Crippen LogP) is 4.72. The summed E-state index contributed by atoms with van der Waals surface area (Å²) in [6, 6.07) is 23.0. The Morgan fingerprint density at radius 3 is 2.45 bits per heavy atom. The zero-order chi connectivity index (χ0) is 23.4. The smallest absolute Gasteiger partial charge is 0.297 e. The SMILES string of the molecule is Cc1c(N=Cc2cccc(OCc3ccc([N+](=O)[O-])cc3)c2)c(=O)n(-c2ccccc2)n1C. The molecule has 33 heavy (non-hydrogen) atoms. The van der Waals surface area contributed by atoms with Crippen molar-refractivity contribution in [1.82, 2.24) is 9.36 Å². The Morgan fingerprint density at radius 2 is 1.76 bits per heavy atom. The van der Waals surface area contributed by atoms with Crippen molar-refractivity contribution in [3.63, 3.8) is 0 Å². The highest BCUT2D eigenvalue weighted by Gasteiger charge is 2.15. The van der Waals surface area contributed by atoms with Gasteiger partial charge < -0.3 is 4.74 Å². The number of hydrogen-bond donors (Lipinski definition) is 0. The topological polar surface area (TPSA) is 91.7 Å². The van der Waals surface area contributed by atoms with Gasteiger partial charge in [-0.05, 0) is 54.4 Å².